The molecule has 1 fully saturated rings. The normalized spacial score (nSPS) is 16.0. The Labute approximate surface area is 138 Å². The van der Waals surface area contributed by atoms with Crippen LogP contribution in [0.15, 0.2) is 30.3 Å². The Hall–Kier alpha value is -1.99. The predicted molar refractivity (Wildman–Crippen MR) is 88.6 cm³/mol. The van der Waals surface area contributed by atoms with Gasteiger partial charge in [0.25, 0.3) is 0 Å². The third kappa shape index (κ3) is 3.35. The van der Waals surface area contributed by atoms with Gasteiger partial charge in [-0.1, -0.05) is 36.0 Å². The summed E-state index contributed by atoms with van der Waals surface area (Å²) in [5, 5.41) is 14.1. The molecule has 6 nitrogen and oxygen atoms in total. The number of nitrogens with zero attached hydrogens (tertiary/aromatic N) is 5. The molecule has 0 bridgehead atoms. The van der Waals surface area contributed by atoms with Crippen LogP contribution in [0.25, 0.3) is 4.96 Å². The first-order valence-corrected chi connectivity index (χ1v) is 8.80. The molecule has 2 aromatic heterocycles. The number of fused-ring (bicyclic) bond motifs is 1. The number of benzene rings is 1. The fraction of sp³-hybridized carbons (Fsp3) is 0.438. The average Bonchev–Trinajstić information content (AvgIpc) is 3.17. The van der Waals surface area contributed by atoms with E-state index in [4.69, 9.17) is 4.74 Å². The number of piperidine rings is 1. The largest absolute Gasteiger partial charge is 0.486 e. The van der Waals surface area contributed by atoms with Crippen molar-refractivity contribution >= 4 is 16.3 Å². The highest BCUT2D eigenvalue weighted by Gasteiger charge is 2.16. The zero-order valence-corrected chi connectivity index (χ0v) is 13.7. The van der Waals surface area contributed by atoms with E-state index in [-0.39, 0.29) is 0 Å². The number of hydrogen-bond acceptors (Lipinski definition) is 6. The first-order valence-electron chi connectivity index (χ1n) is 7.99. The minimum Gasteiger partial charge on any atom is -0.486 e. The Balaban J connectivity index is 1.45. The molecule has 0 atom stereocenters. The molecule has 3 heterocycles. The van der Waals surface area contributed by atoms with E-state index >= 15 is 0 Å². The highest BCUT2D eigenvalue weighted by Crippen LogP contribution is 2.18. The smallest absolute Gasteiger partial charge is 0.234 e. The summed E-state index contributed by atoms with van der Waals surface area (Å²) in [7, 11) is 0. The molecule has 23 heavy (non-hydrogen) atoms. The molecule has 0 unspecified atom stereocenters. The Morgan fingerprint density at radius 3 is 2.70 bits per heavy atom. The van der Waals surface area contributed by atoms with Crippen molar-refractivity contribution < 1.29 is 4.74 Å². The van der Waals surface area contributed by atoms with E-state index < -0.39 is 0 Å². The van der Waals surface area contributed by atoms with Gasteiger partial charge in [-0.15, -0.1) is 10.2 Å². The van der Waals surface area contributed by atoms with Gasteiger partial charge >= 0.3 is 0 Å². The van der Waals surface area contributed by atoms with E-state index in [1.54, 1.807) is 0 Å². The molecule has 1 aliphatic heterocycles. The van der Waals surface area contributed by atoms with Crippen molar-refractivity contribution in [2.24, 2.45) is 0 Å². The SMILES string of the molecule is c1ccc(OCc2nn3c(CN4CCCCC4)nnc3s2)cc1. The summed E-state index contributed by atoms with van der Waals surface area (Å²) in [6, 6.07) is 9.79. The standard InChI is InChI=1S/C16H19N5OS/c1-3-7-13(8-4-1)22-12-15-19-21-14(17-18-16(21)23-15)11-20-9-5-2-6-10-20/h1,3-4,7-8H,2,5-6,9-12H2. The lowest BCUT2D eigenvalue weighted by Gasteiger charge is -2.25. The van der Waals surface area contributed by atoms with Crippen LogP contribution in [-0.4, -0.2) is 37.8 Å². The van der Waals surface area contributed by atoms with E-state index in [1.165, 1.54) is 30.6 Å². The van der Waals surface area contributed by atoms with E-state index in [0.717, 1.165) is 41.2 Å². The maximum absolute atomic E-state index is 5.76. The maximum atomic E-state index is 5.76. The lowest BCUT2D eigenvalue weighted by atomic mass is 10.1. The van der Waals surface area contributed by atoms with Crippen LogP contribution in [0.3, 0.4) is 0 Å². The summed E-state index contributed by atoms with van der Waals surface area (Å²) in [6.45, 7) is 3.57. The molecule has 0 amide bonds. The Morgan fingerprint density at radius 2 is 1.87 bits per heavy atom. The fourth-order valence-electron chi connectivity index (χ4n) is 2.83. The molecule has 1 aliphatic rings. The lowest BCUT2D eigenvalue weighted by Crippen LogP contribution is -2.30. The molecule has 1 saturated heterocycles. The average molecular weight is 329 g/mol. The van der Waals surface area contributed by atoms with E-state index in [2.05, 4.69) is 20.2 Å². The van der Waals surface area contributed by atoms with Crippen molar-refractivity contribution in [2.75, 3.05) is 13.1 Å². The first kappa shape index (κ1) is 14.6. The molecule has 4 rings (SSSR count). The maximum Gasteiger partial charge on any atom is 0.234 e. The molecule has 0 radical (unpaired) electrons. The number of para-hydroxylation sites is 1. The Bertz CT molecular complexity index is 763. The zero-order valence-electron chi connectivity index (χ0n) is 12.9. The third-order valence-electron chi connectivity index (χ3n) is 4.02. The van der Waals surface area contributed by atoms with E-state index in [1.807, 2.05) is 34.8 Å². The summed E-state index contributed by atoms with van der Waals surface area (Å²) in [4.78, 5) is 3.27. The lowest BCUT2D eigenvalue weighted by molar-refractivity contribution is 0.214. The second-order valence-electron chi connectivity index (χ2n) is 5.74. The van der Waals surface area contributed by atoms with Crippen LogP contribution >= 0.6 is 11.3 Å². The fourth-order valence-corrected chi connectivity index (χ4v) is 3.60. The molecule has 120 valence electrons. The molecule has 7 heteroatoms. The van der Waals surface area contributed by atoms with Crippen LogP contribution in [-0.2, 0) is 13.2 Å². The van der Waals surface area contributed by atoms with Gasteiger partial charge in [-0.25, -0.2) is 0 Å². The summed E-state index contributed by atoms with van der Waals surface area (Å²) < 4.78 is 7.62. The van der Waals surface area contributed by atoms with E-state index in [9.17, 15) is 0 Å². The van der Waals surface area contributed by atoms with Gasteiger partial charge in [0.15, 0.2) is 10.8 Å². The van der Waals surface area contributed by atoms with Gasteiger partial charge in [-0.05, 0) is 38.1 Å². The van der Waals surface area contributed by atoms with Crippen LogP contribution in [0.5, 0.6) is 5.75 Å². The number of aromatic nitrogens is 4. The van der Waals surface area contributed by atoms with Gasteiger partial charge < -0.3 is 4.74 Å². The van der Waals surface area contributed by atoms with Gasteiger partial charge in [0.2, 0.25) is 4.96 Å². The molecule has 0 aliphatic carbocycles. The number of hydrogen-bond donors (Lipinski definition) is 0. The van der Waals surface area contributed by atoms with Crippen molar-refractivity contribution in [3.8, 4) is 5.75 Å². The molecule has 0 N–H and O–H groups in total. The van der Waals surface area contributed by atoms with Gasteiger partial charge in [-0.2, -0.15) is 9.61 Å². The van der Waals surface area contributed by atoms with Gasteiger partial charge in [0.1, 0.15) is 12.4 Å². The molecular weight excluding hydrogens is 310 g/mol. The van der Waals surface area contributed by atoms with Crippen LogP contribution in [0.1, 0.15) is 30.1 Å². The van der Waals surface area contributed by atoms with Crippen molar-refractivity contribution in [1.82, 2.24) is 24.7 Å². The Morgan fingerprint density at radius 1 is 1.04 bits per heavy atom. The van der Waals surface area contributed by atoms with Crippen molar-refractivity contribution in [2.45, 2.75) is 32.4 Å². The molecule has 1 aromatic carbocycles. The van der Waals surface area contributed by atoms with Crippen molar-refractivity contribution in [3.63, 3.8) is 0 Å². The first-order chi connectivity index (χ1) is 11.4. The minimum atomic E-state index is 0.460. The van der Waals surface area contributed by atoms with Crippen LogP contribution in [0, 0.1) is 0 Å². The summed E-state index contributed by atoms with van der Waals surface area (Å²) in [5.74, 6) is 1.77. The number of ether oxygens (including phenoxy) is 1. The van der Waals surface area contributed by atoms with Gasteiger partial charge in [0.05, 0.1) is 6.54 Å². The topological polar surface area (TPSA) is 55.6 Å². The van der Waals surface area contributed by atoms with Crippen LogP contribution < -0.4 is 4.74 Å². The number of rotatable bonds is 5. The van der Waals surface area contributed by atoms with Gasteiger partial charge in [0, 0.05) is 0 Å². The third-order valence-corrected chi connectivity index (χ3v) is 4.89. The minimum absolute atomic E-state index is 0.460. The quantitative estimate of drug-likeness (QED) is 0.720. The molecule has 0 spiro atoms. The zero-order chi connectivity index (χ0) is 15.5. The van der Waals surface area contributed by atoms with Gasteiger partial charge in [-0.3, -0.25) is 4.90 Å². The monoisotopic (exact) mass is 329 g/mol. The second-order valence-corrected chi connectivity index (χ2v) is 6.79. The summed E-state index contributed by atoms with van der Waals surface area (Å²) in [6.07, 6.45) is 3.88. The summed E-state index contributed by atoms with van der Waals surface area (Å²) in [5.41, 5.74) is 0. The van der Waals surface area contributed by atoms with Crippen molar-refractivity contribution in [1.29, 1.82) is 0 Å². The highest BCUT2D eigenvalue weighted by atomic mass is 32.1. The number of likely N-dealkylation sites (tertiary alicyclic amines) is 1. The molecule has 3 aromatic rings. The van der Waals surface area contributed by atoms with Crippen LogP contribution in [0.2, 0.25) is 0 Å². The van der Waals surface area contributed by atoms with Crippen molar-refractivity contribution in [3.05, 3.63) is 41.2 Å². The predicted octanol–water partition coefficient (Wildman–Crippen LogP) is 2.75. The highest BCUT2D eigenvalue weighted by molar-refractivity contribution is 7.16. The second kappa shape index (κ2) is 6.64. The molecular formula is C16H19N5OS. The molecule has 0 saturated carbocycles. The summed E-state index contributed by atoms with van der Waals surface area (Å²) >= 11 is 1.53. The Kier molecular flexibility index (Phi) is 4.21. The van der Waals surface area contributed by atoms with Crippen LogP contribution in [0.4, 0.5) is 0 Å². The van der Waals surface area contributed by atoms with E-state index in [0.29, 0.717) is 6.61 Å².